The highest BCUT2D eigenvalue weighted by Gasteiger charge is 2.06. The smallest absolute Gasteiger partial charge is 0.0409 e. The summed E-state index contributed by atoms with van der Waals surface area (Å²) in [7, 11) is 0. The number of hydrogen-bond donors (Lipinski definition) is 0. The Bertz CT molecular complexity index is 954. The topological polar surface area (TPSA) is 12.9 Å². The summed E-state index contributed by atoms with van der Waals surface area (Å²) in [6, 6.07) is 4.86. The van der Waals surface area contributed by atoms with Gasteiger partial charge in [0.25, 0.3) is 0 Å². The molecule has 0 aliphatic rings. The molecule has 0 aromatic carbocycles. The number of aromatic nitrogens is 1. The lowest BCUT2D eigenvalue weighted by molar-refractivity contribution is 0.515. The third kappa shape index (κ3) is 48.2. The molecule has 0 fully saturated rings. The van der Waals surface area contributed by atoms with Crippen molar-refractivity contribution in [2.45, 2.75) is 380 Å². The summed E-state index contributed by atoms with van der Waals surface area (Å²) in [4.78, 5) is 5.19. The minimum atomic E-state index is 1.03. The third-order valence-electron chi connectivity index (χ3n) is 15.3. The zero-order valence-corrected chi connectivity index (χ0v) is 46.1. The van der Waals surface area contributed by atoms with Gasteiger partial charge in [0.1, 0.15) is 0 Å². The summed E-state index contributed by atoms with van der Waals surface area (Å²) in [6.45, 7) is 8.74. The Labute approximate surface area is 419 Å². The lowest BCUT2D eigenvalue weighted by atomic mass is 10.0. The van der Waals surface area contributed by atoms with Gasteiger partial charge in [0.05, 0.1) is 0 Å². The Balaban J connectivity index is 1.91. The molecule has 1 aromatic rings. The summed E-state index contributed by atoms with van der Waals surface area (Å²) in [5.74, 6) is 0. The Morgan fingerprint density at radius 1 is 0.242 bits per heavy atom. The molecule has 0 bridgehead atoms. The SMILES string of the molecule is [CH2]CCCc1cc(CCCCCCCCCCCCCCCCCCCCCCCCCCCC)nc(CCCCCCCCCCCCCCCCCCCCCCCCCCCC)c1. The normalized spacial score (nSPS) is 11.7. The summed E-state index contributed by atoms with van der Waals surface area (Å²) in [5.41, 5.74) is 4.25. The molecule has 0 amide bonds. The second kappa shape index (κ2) is 55.1. The van der Waals surface area contributed by atoms with Crippen molar-refractivity contribution in [1.29, 1.82) is 0 Å². The minimum absolute atomic E-state index is 1.03. The molecule has 66 heavy (non-hydrogen) atoms. The van der Waals surface area contributed by atoms with Crippen LogP contribution in [0, 0.1) is 6.92 Å². The van der Waals surface area contributed by atoms with Crippen LogP contribution in [0.25, 0.3) is 0 Å². The highest BCUT2D eigenvalue weighted by Crippen LogP contribution is 2.20. The average molecular weight is 920 g/mol. The Hall–Kier alpha value is -0.850. The van der Waals surface area contributed by atoms with E-state index in [1.807, 2.05) is 0 Å². The molecule has 1 radical (unpaired) electrons. The zero-order chi connectivity index (χ0) is 47.2. The summed E-state index contributed by atoms with van der Waals surface area (Å²) < 4.78 is 0. The lowest BCUT2D eigenvalue weighted by Crippen LogP contribution is -2.00. The maximum atomic E-state index is 5.19. The fourth-order valence-corrected chi connectivity index (χ4v) is 10.7. The van der Waals surface area contributed by atoms with Crippen LogP contribution < -0.4 is 0 Å². The number of rotatable bonds is 57. The van der Waals surface area contributed by atoms with Crippen LogP contribution in [0.2, 0.25) is 0 Å². The maximum Gasteiger partial charge on any atom is 0.0409 e. The molecule has 0 unspecified atom stereocenters. The van der Waals surface area contributed by atoms with Crippen molar-refractivity contribution < 1.29 is 0 Å². The molecular weight excluding hydrogens is 795 g/mol. The fourth-order valence-electron chi connectivity index (χ4n) is 10.7. The number of hydrogen-bond acceptors (Lipinski definition) is 1. The van der Waals surface area contributed by atoms with Crippen molar-refractivity contribution in [3.8, 4) is 0 Å². The predicted octanol–water partition coefficient (Wildman–Crippen LogP) is 23.6. The van der Waals surface area contributed by atoms with Gasteiger partial charge in [-0.15, -0.1) is 0 Å². The van der Waals surface area contributed by atoms with E-state index in [1.165, 1.54) is 377 Å². The van der Waals surface area contributed by atoms with Gasteiger partial charge in [0, 0.05) is 11.4 Å². The monoisotopic (exact) mass is 919 g/mol. The van der Waals surface area contributed by atoms with Crippen LogP contribution in [-0.2, 0) is 19.3 Å². The van der Waals surface area contributed by atoms with Gasteiger partial charge in [0.2, 0.25) is 0 Å². The van der Waals surface area contributed by atoms with Crippen molar-refractivity contribution in [2.24, 2.45) is 0 Å². The van der Waals surface area contributed by atoms with Gasteiger partial charge < -0.3 is 0 Å². The zero-order valence-electron chi connectivity index (χ0n) is 46.1. The predicted molar refractivity (Wildman–Crippen MR) is 301 cm³/mol. The molecule has 0 spiro atoms. The first kappa shape index (κ1) is 63.2. The molecule has 1 rings (SSSR count). The molecule has 1 nitrogen and oxygen atoms in total. The van der Waals surface area contributed by atoms with Crippen molar-refractivity contribution in [3.63, 3.8) is 0 Å². The van der Waals surface area contributed by atoms with Crippen molar-refractivity contribution in [2.75, 3.05) is 0 Å². The average Bonchev–Trinajstić information content (AvgIpc) is 3.33. The Morgan fingerprint density at radius 2 is 0.424 bits per heavy atom. The summed E-state index contributed by atoms with van der Waals surface area (Å²) in [5, 5.41) is 0. The summed E-state index contributed by atoms with van der Waals surface area (Å²) in [6.07, 6.45) is 81.5. The molecule has 0 aliphatic carbocycles. The van der Waals surface area contributed by atoms with Crippen LogP contribution in [0.1, 0.15) is 378 Å². The lowest BCUT2D eigenvalue weighted by Gasteiger charge is -2.10. The van der Waals surface area contributed by atoms with E-state index in [-0.39, 0.29) is 0 Å². The molecule has 1 heteroatoms. The molecule has 0 saturated carbocycles. The van der Waals surface area contributed by atoms with Crippen LogP contribution in [-0.4, -0.2) is 4.98 Å². The van der Waals surface area contributed by atoms with Crippen LogP contribution in [0.4, 0.5) is 0 Å². The quantitative estimate of drug-likeness (QED) is 0.0594. The number of aryl methyl sites for hydroxylation is 3. The van der Waals surface area contributed by atoms with Crippen LogP contribution in [0.5, 0.6) is 0 Å². The molecule has 0 saturated heterocycles. The Morgan fingerprint density at radius 3 is 0.606 bits per heavy atom. The third-order valence-corrected chi connectivity index (χ3v) is 15.3. The van der Waals surface area contributed by atoms with Crippen LogP contribution >= 0.6 is 0 Å². The van der Waals surface area contributed by atoms with E-state index in [0.29, 0.717) is 0 Å². The van der Waals surface area contributed by atoms with E-state index in [2.05, 4.69) is 32.9 Å². The van der Waals surface area contributed by atoms with Gasteiger partial charge in [-0.2, -0.15) is 0 Å². The van der Waals surface area contributed by atoms with Gasteiger partial charge in [-0.05, 0) is 56.2 Å². The highest BCUT2D eigenvalue weighted by atomic mass is 14.7. The van der Waals surface area contributed by atoms with Crippen molar-refractivity contribution >= 4 is 0 Å². The largest absolute Gasteiger partial charge is 0.258 e. The molecule has 0 N–H and O–H groups in total. The first-order valence-electron chi connectivity index (χ1n) is 31.6. The molecule has 0 atom stereocenters. The van der Waals surface area contributed by atoms with E-state index >= 15 is 0 Å². The molecule has 389 valence electrons. The molecule has 1 heterocycles. The Kier molecular flexibility index (Phi) is 52.7. The molecule has 0 aliphatic heterocycles. The first-order valence-corrected chi connectivity index (χ1v) is 31.6. The second-order valence-corrected chi connectivity index (χ2v) is 22.1. The van der Waals surface area contributed by atoms with Gasteiger partial charge >= 0.3 is 0 Å². The van der Waals surface area contributed by atoms with E-state index in [1.54, 1.807) is 0 Å². The summed E-state index contributed by atoms with van der Waals surface area (Å²) >= 11 is 0. The van der Waals surface area contributed by atoms with E-state index in [9.17, 15) is 0 Å². The van der Waals surface area contributed by atoms with Gasteiger partial charge in [0.15, 0.2) is 0 Å². The van der Waals surface area contributed by atoms with E-state index in [0.717, 1.165) is 6.42 Å². The van der Waals surface area contributed by atoms with E-state index < -0.39 is 0 Å². The molecule has 1 aromatic heterocycles. The fraction of sp³-hybridized carbons (Fsp3) is 0.908. The number of unbranched alkanes of at least 4 members (excludes halogenated alkanes) is 51. The first-order chi connectivity index (χ1) is 32.8. The van der Waals surface area contributed by atoms with Crippen molar-refractivity contribution in [3.05, 3.63) is 36.0 Å². The number of pyridine rings is 1. The van der Waals surface area contributed by atoms with Gasteiger partial charge in [-0.25, -0.2) is 0 Å². The minimum Gasteiger partial charge on any atom is -0.258 e. The standard InChI is InChI=1S/C65H124N/c1-4-7-10-12-14-16-18-20-22-24-26-28-30-32-34-36-38-40-42-44-46-48-50-52-54-56-59-64-61-63(58-9-6-3)62-65(66-64)60-57-55-53-51-49-47-45-43-41-39-37-35-33-31-29-27-25-23-21-19-17-15-13-11-8-5-2/h61-62H,3-60H2,1-2H3. The van der Waals surface area contributed by atoms with E-state index in [4.69, 9.17) is 4.98 Å². The maximum absolute atomic E-state index is 5.19. The van der Waals surface area contributed by atoms with Crippen molar-refractivity contribution in [1.82, 2.24) is 4.98 Å². The second-order valence-electron chi connectivity index (χ2n) is 22.1. The van der Waals surface area contributed by atoms with Crippen LogP contribution in [0.15, 0.2) is 12.1 Å². The van der Waals surface area contributed by atoms with Gasteiger partial charge in [-0.3, -0.25) is 4.98 Å². The highest BCUT2D eigenvalue weighted by molar-refractivity contribution is 5.22. The van der Waals surface area contributed by atoms with Gasteiger partial charge in [-0.1, -0.05) is 348 Å². The van der Waals surface area contributed by atoms with Crippen LogP contribution in [0.3, 0.4) is 0 Å². The molecular formula is C65H124N. The number of nitrogens with zero attached hydrogens (tertiary/aromatic N) is 1.